The summed E-state index contributed by atoms with van der Waals surface area (Å²) in [4.78, 5) is 11.2. The molecular formula is C15H29NO2. The number of carboxylic acids is 1. The highest BCUT2D eigenvalue weighted by atomic mass is 16.4. The second-order valence-electron chi connectivity index (χ2n) is 6.57. The van der Waals surface area contributed by atoms with Crippen molar-refractivity contribution < 1.29 is 9.90 Å². The van der Waals surface area contributed by atoms with Crippen molar-refractivity contribution in [2.75, 3.05) is 6.54 Å². The predicted molar refractivity (Wildman–Crippen MR) is 74.6 cm³/mol. The SMILES string of the molecule is CC(C)CC(CNC1CCC(C)CC1C)C(=O)O. The maximum absolute atomic E-state index is 11.2. The van der Waals surface area contributed by atoms with Crippen LogP contribution in [0.4, 0.5) is 0 Å². The topological polar surface area (TPSA) is 49.3 Å². The summed E-state index contributed by atoms with van der Waals surface area (Å²) in [5.74, 6) is 1.03. The van der Waals surface area contributed by atoms with Crippen LogP contribution < -0.4 is 5.32 Å². The highest BCUT2D eigenvalue weighted by Crippen LogP contribution is 2.28. The van der Waals surface area contributed by atoms with Crippen LogP contribution in [0.2, 0.25) is 0 Å². The first-order chi connectivity index (χ1) is 8.40. The molecule has 0 spiro atoms. The van der Waals surface area contributed by atoms with Crippen LogP contribution >= 0.6 is 0 Å². The molecular weight excluding hydrogens is 226 g/mol. The van der Waals surface area contributed by atoms with Crippen LogP contribution in [0.3, 0.4) is 0 Å². The quantitative estimate of drug-likeness (QED) is 0.766. The van der Waals surface area contributed by atoms with Crippen LogP contribution in [-0.2, 0) is 4.79 Å². The number of hydrogen-bond acceptors (Lipinski definition) is 2. The highest BCUT2D eigenvalue weighted by Gasteiger charge is 2.27. The van der Waals surface area contributed by atoms with Crippen LogP contribution in [0.15, 0.2) is 0 Å². The summed E-state index contributed by atoms with van der Waals surface area (Å²) < 4.78 is 0. The van der Waals surface area contributed by atoms with Gasteiger partial charge in [0, 0.05) is 12.6 Å². The van der Waals surface area contributed by atoms with E-state index in [1.54, 1.807) is 0 Å². The minimum absolute atomic E-state index is 0.239. The van der Waals surface area contributed by atoms with Gasteiger partial charge in [-0.2, -0.15) is 0 Å². The average Bonchev–Trinajstić information content (AvgIpc) is 2.25. The van der Waals surface area contributed by atoms with Crippen LogP contribution in [0.1, 0.15) is 53.4 Å². The third-order valence-corrected chi connectivity index (χ3v) is 4.16. The van der Waals surface area contributed by atoms with E-state index >= 15 is 0 Å². The summed E-state index contributed by atoms with van der Waals surface area (Å²) in [5, 5.41) is 12.7. The van der Waals surface area contributed by atoms with Crippen molar-refractivity contribution in [1.82, 2.24) is 5.32 Å². The van der Waals surface area contributed by atoms with E-state index in [1.165, 1.54) is 19.3 Å². The van der Waals surface area contributed by atoms with Gasteiger partial charge in [0.2, 0.25) is 0 Å². The molecule has 0 heterocycles. The Morgan fingerprint density at radius 3 is 2.50 bits per heavy atom. The number of carbonyl (C=O) groups is 1. The van der Waals surface area contributed by atoms with E-state index in [4.69, 9.17) is 0 Å². The molecule has 3 nitrogen and oxygen atoms in total. The summed E-state index contributed by atoms with van der Waals surface area (Å²) >= 11 is 0. The number of hydrogen-bond donors (Lipinski definition) is 2. The molecule has 4 atom stereocenters. The summed E-state index contributed by atoms with van der Waals surface area (Å²) in [7, 11) is 0. The molecule has 0 amide bonds. The van der Waals surface area contributed by atoms with Crippen LogP contribution in [-0.4, -0.2) is 23.7 Å². The summed E-state index contributed by atoms with van der Waals surface area (Å²) in [6.07, 6.45) is 4.49. The molecule has 1 aliphatic carbocycles. The van der Waals surface area contributed by atoms with Gasteiger partial charge in [0.1, 0.15) is 0 Å². The lowest BCUT2D eigenvalue weighted by Crippen LogP contribution is -2.42. The van der Waals surface area contributed by atoms with E-state index in [1.807, 2.05) is 0 Å². The van der Waals surface area contributed by atoms with Crippen molar-refractivity contribution in [2.45, 2.75) is 59.4 Å². The van der Waals surface area contributed by atoms with Crippen LogP contribution in [0.5, 0.6) is 0 Å². The second kappa shape index (κ2) is 7.13. The molecule has 0 aromatic carbocycles. The van der Waals surface area contributed by atoms with Crippen molar-refractivity contribution >= 4 is 5.97 Å². The zero-order valence-corrected chi connectivity index (χ0v) is 12.3. The summed E-state index contributed by atoms with van der Waals surface area (Å²) in [5.41, 5.74) is 0. The first-order valence-electron chi connectivity index (χ1n) is 7.36. The standard InChI is InChI=1S/C15H29NO2/c1-10(2)7-13(15(17)18)9-16-14-6-5-11(3)8-12(14)4/h10-14,16H,5-9H2,1-4H3,(H,17,18). The number of aliphatic carboxylic acids is 1. The zero-order chi connectivity index (χ0) is 13.7. The Morgan fingerprint density at radius 2 is 2.00 bits per heavy atom. The van der Waals surface area contributed by atoms with Gasteiger partial charge in [-0.1, -0.05) is 27.7 Å². The Morgan fingerprint density at radius 1 is 1.33 bits per heavy atom. The fourth-order valence-corrected chi connectivity index (χ4v) is 3.10. The van der Waals surface area contributed by atoms with Crippen molar-refractivity contribution in [1.29, 1.82) is 0 Å². The van der Waals surface area contributed by atoms with Crippen molar-refractivity contribution in [3.8, 4) is 0 Å². The van der Waals surface area contributed by atoms with Crippen molar-refractivity contribution in [3.63, 3.8) is 0 Å². The molecule has 1 saturated carbocycles. The molecule has 2 N–H and O–H groups in total. The van der Waals surface area contributed by atoms with Crippen molar-refractivity contribution in [2.24, 2.45) is 23.7 Å². The number of carboxylic acid groups (broad SMARTS) is 1. The molecule has 1 fully saturated rings. The molecule has 3 heteroatoms. The monoisotopic (exact) mass is 255 g/mol. The van der Waals surface area contributed by atoms with Gasteiger partial charge in [-0.25, -0.2) is 0 Å². The fraction of sp³-hybridized carbons (Fsp3) is 0.933. The van der Waals surface area contributed by atoms with Gasteiger partial charge in [0.25, 0.3) is 0 Å². The van der Waals surface area contributed by atoms with Gasteiger partial charge in [0.05, 0.1) is 5.92 Å². The van der Waals surface area contributed by atoms with Gasteiger partial charge in [-0.15, -0.1) is 0 Å². The molecule has 1 aliphatic rings. The molecule has 106 valence electrons. The first-order valence-corrected chi connectivity index (χ1v) is 7.36. The maximum atomic E-state index is 11.2. The molecule has 0 bridgehead atoms. The smallest absolute Gasteiger partial charge is 0.307 e. The number of rotatable bonds is 6. The van der Waals surface area contributed by atoms with E-state index in [2.05, 4.69) is 33.0 Å². The lowest BCUT2D eigenvalue weighted by atomic mass is 9.79. The Balaban J connectivity index is 2.39. The summed E-state index contributed by atoms with van der Waals surface area (Å²) in [6.45, 7) is 9.38. The largest absolute Gasteiger partial charge is 0.481 e. The van der Waals surface area contributed by atoms with E-state index in [0.29, 0.717) is 24.4 Å². The predicted octanol–water partition coefficient (Wildman–Crippen LogP) is 3.15. The van der Waals surface area contributed by atoms with E-state index in [9.17, 15) is 9.90 Å². The minimum Gasteiger partial charge on any atom is -0.481 e. The van der Waals surface area contributed by atoms with E-state index < -0.39 is 5.97 Å². The Bertz CT molecular complexity index is 265. The maximum Gasteiger partial charge on any atom is 0.307 e. The highest BCUT2D eigenvalue weighted by molar-refractivity contribution is 5.70. The Kier molecular flexibility index (Phi) is 6.13. The van der Waals surface area contributed by atoms with Crippen LogP contribution in [0.25, 0.3) is 0 Å². The zero-order valence-electron chi connectivity index (χ0n) is 12.3. The molecule has 0 aromatic heterocycles. The molecule has 4 unspecified atom stereocenters. The lowest BCUT2D eigenvalue weighted by Gasteiger charge is -2.34. The van der Waals surface area contributed by atoms with Crippen LogP contribution in [0, 0.1) is 23.7 Å². The molecule has 18 heavy (non-hydrogen) atoms. The normalized spacial score (nSPS) is 30.4. The van der Waals surface area contributed by atoms with Gasteiger partial charge in [-0.05, 0) is 43.4 Å². The molecule has 1 rings (SSSR count). The van der Waals surface area contributed by atoms with Gasteiger partial charge in [-0.3, -0.25) is 4.79 Å². The van der Waals surface area contributed by atoms with Gasteiger partial charge >= 0.3 is 5.97 Å². The van der Waals surface area contributed by atoms with Crippen molar-refractivity contribution in [3.05, 3.63) is 0 Å². The lowest BCUT2D eigenvalue weighted by molar-refractivity contribution is -0.142. The first kappa shape index (κ1) is 15.5. The molecule has 0 radical (unpaired) electrons. The van der Waals surface area contributed by atoms with Gasteiger partial charge < -0.3 is 10.4 Å². The molecule has 0 aromatic rings. The minimum atomic E-state index is -0.659. The second-order valence-corrected chi connectivity index (χ2v) is 6.57. The molecule has 0 saturated heterocycles. The number of nitrogens with one attached hydrogen (secondary N) is 1. The van der Waals surface area contributed by atoms with E-state index in [-0.39, 0.29) is 5.92 Å². The Labute approximate surface area is 111 Å². The Hall–Kier alpha value is -0.570. The van der Waals surface area contributed by atoms with Gasteiger partial charge in [0.15, 0.2) is 0 Å². The summed E-state index contributed by atoms with van der Waals surface area (Å²) in [6, 6.07) is 0.509. The average molecular weight is 255 g/mol. The fourth-order valence-electron chi connectivity index (χ4n) is 3.10. The third-order valence-electron chi connectivity index (χ3n) is 4.16. The van der Waals surface area contributed by atoms with E-state index in [0.717, 1.165) is 12.3 Å². The molecule has 0 aliphatic heterocycles. The third kappa shape index (κ3) is 4.97.